The summed E-state index contributed by atoms with van der Waals surface area (Å²) in [5.41, 5.74) is 1.65. The largest absolute Gasteiger partial charge is 0.310 e. The number of thiazole rings is 1. The molecule has 0 atom stereocenters. The molecule has 112 valence electrons. The van der Waals surface area contributed by atoms with Crippen LogP contribution in [0.2, 0.25) is 0 Å². The molecule has 0 spiro atoms. The van der Waals surface area contributed by atoms with Crippen LogP contribution in [0.4, 0.5) is 5.69 Å². The SMILES string of the molecule is Cc1ncc(S(=O)(=O)Nc2cccc(CNC3CC3)c2)s1. The van der Waals surface area contributed by atoms with Crippen molar-refractivity contribution in [2.45, 2.75) is 36.6 Å². The van der Waals surface area contributed by atoms with Crippen molar-refractivity contribution in [1.29, 1.82) is 0 Å². The lowest BCUT2D eigenvalue weighted by atomic mass is 10.2. The van der Waals surface area contributed by atoms with Gasteiger partial charge in [-0.05, 0) is 37.5 Å². The number of hydrogen-bond donors (Lipinski definition) is 2. The van der Waals surface area contributed by atoms with Crippen molar-refractivity contribution in [3.05, 3.63) is 41.0 Å². The molecule has 0 unspecified atom stereocenters. The Balaban J connectivity index is 1.72. The second kappa shape index (κ2) is 5.75. The van der Waals surface area contributed by atoms with Gasteiger partial charge in [0.25, 0.3) is 10.0 Å². The van der Waals surface area contributed by atoms with Crippen molar-refractivity contribution in [3.63, 3.8) is 0 Å². The van der Waals surface area contributed by atoms with E-state index in [1.807, 2.05) is 18.2 Å². The van der Waals surface area contributed by atoms with Gasteiger partial charge in [0.2, 0.25) is 0 Å². The van der Waals surface area contributed by atoms with Crippen molar-refractivity contribution < 1.29 is 8.42 Å². The fourth-order valence-electron chi connectivity index (χ4n) is 1.97. The van der Waals surface area contributed by atoms with E-state index in [0.717, 1.165) is 17.1 Å². The van der Waals surface area contributed by atoms with Gasteiger partial charge in [-0.3, -0.25) is 4.72 Å². The molecule has 5 nitrogen and oxygen atoms in total. The maximum Gasteiger partial charge on any atom is 0.273 e. The van der Waals surface area contributed by atoms with E-state index in [0.29, 0.717) is 11.7 Å². The summed E-state index contributed by atoms with van der Waals surface area (Å²) in [7, 11) is -3.54. The molecule has 0 radical (unpaired) electrons. The van der Waals surface area contributed by atoms with Crippen LogP contribution in [-0.4, -0.2) is 19.4 Å². The summed E-state index contributed by atoms with van der Waals surface area (Å²) in [6, 6.07) is 8.10. The molecular weight excluding hydrogens is 306 g/mol. The van der Waals surface area contributed by atoms with Gasteiger partial charge in [0.1, 0.15) is 0 Å². The molecule has 0 aliphatic heterocycles. The Morgan fingerprint density at radius 3 is 2.86 bits per heavy atom. The van der Waals surface area contributed by atoms with Crippen molar-refractivity contribution in [3.8, 4) is 0 Å². The van der Waals surface area contributed by atoms with Crippen LogP contribution in [0.25, 0.3) is 0 Å². The molecule has 1 heterocycles. The maximum atomic E-state index is 12.2. The van der Waals surface area contributed by atoms with Crippen LogP contribution < -0.4 is 10.0 Å². The van der Waals surface area contributed by atoms with Gasteiger partial charge in [-0.2, -0.15) is 0 Å². The summed E-state index contributed by atoms with van der Waals surface area (Å²) >= 11 is 1.17. The Hall–Kier alpha value is -1.44. The van der Waals surface area contributed by atoms with E-state index >= 15 is 0 Å². The van der Waals surface area contributed by atoms with E-state index in [9.17, 15) is 8.42 Å². The van der Waals surface area contributed by atoms with E-state index in [1.54, 1.807) is 13.0 Å². The van der Waals surface area contributed by atoms with Gasteiger partial charge in [0.15, 0.2) is 4.21 Å². The predicted octanol–water partition coefficient (Wildman–Crippen LogP) is 2.50. The molecule has 1 saturated carbocycles. The number of aromatic nitrogens is 1. The van der Waals surface area contributed by atoms with Crippen LogP contribution in [0.1, 0.15) is 23.4 Å². The minimum Gasteiger partial charge on any atom is -0.310 e. The first-order chi connectivity index (χ1) is 10.0. The van der Waals surface area contributed by atoms with E-state index in [2.05, 4.69) is 15.0 Å². The number of nitrogens with zero attached hydrogens (tertiary/aromatic N) is 1. The molecule has 0 amide bonds. The van der Waals surface area contributed by atoms with E-state index in [1.165, 1.54) is 30.4 Å². The molecule has 2 aromatic rings. The van der Waals surface area contributed by atoms with Gasteiger partial charge in [-0.25, -0.2) is 13.4 Å². The predicted molar refractivity (Wildman–Crippen MR) is 84.0 cm³/mol. The van der Waals surface area contributed by atoms with Gasteiger partial charge >= 0.3 is 0 Å². The molecule has 1 aromatic heterocycles. The Morgan fingerprint density at radius 1 is 1.38 bits per heavy atom. The highest BCUT2D eigenvalue weighted by Crippen LogP contribution is 2.23. The average Bonchev–Trinajstić information content (AvgIpc) is 3.16. The molecular formula is C14H17N3O2S2. The molecule has 1 aromatic carbocycles. The molecule has 3 rings (SSSR count). The standard InChI is InChI=1S/C14H17N3O2S2/c1-10-15-9-14(20-10)21(18,19)17-13-4-2-3-11(7-13)8-16-12-5-6-12/h2-4,7,9,12,16-17H,5-6,8H2,1H3. The first-order valence-corrected chi connectivity index (χ1v) is 9.10. The summed E-state index contributed by atoms with van der Waals surface area (Å²) in [5.74, 6) is 0. The van der Waals surface area contributed by atoms with Crippen molar-refractivity contribution >= 4 is 27.0 Å². The topological polar surface area (TPSA) is 71.1 Å². The monoisotopic (exact) mass is 323 g/mol. The summed E-state index contributed by atoms with van der Waals surface area (Å²) < 4.78 is 27.3. The lowest BCUT2D eigenvalue weighted by molar-refractivity contribution is 0.603. The Morgan fingerprint density at radius 2 is 2.19 bits per heavy atom. The van der Waals surface area contributed by atoms with Crippen LogP contribution in [0.3, 0.4) is 0 Å². The fraction of sp³-hybridized carbons (Fsp3) is 0.357. The van der Waals surface area contributed by atoms with E-state index < -0.39 is 10.0 Å². The average molecular weight is 323 g/mol. The maximum absolute atomic E-state index is 12.2. The number of rotatable bonds is 6. The van der Waals surface area contributed by atoms with Gasteiger partial charge in [0, 0.05) is 18.3 Å². The van der Waals surface area contributed by atoms with Crippen molar-refractivity contribution in [2.24, 2.45) is 0 Å². The number of sulfonamides is 1. The third-order valence-corrected chi connectivity index (χ3v) is 5.97. The zero-order valence-electron chi connectivity index (χ0n) is 11.7. The van der Waals surface area contributed by atoms with Crippen LogP contribution >= 0.6 is 11.3 Å². The lowest BCUT2D eigenvalue weighted by Crippen LogP contribution is -2.16. The summed E-state index contributed by atoms with van der Waals surface area (Å²) in [6.45, 7) is 2.55. The number of anilines is 1. The number of aryl methyl sites for hydroxylation is 1. The minimum absolute atomic E-state index is 0.238. The third-order valence-electron chi connectivity index (χ3n) is 3.22. The molecule has 2 N–H and O–H groups in total. The lowest BCUT2D eigenvalue weighted by Gasteiger charge is -2.08. The summed E-state index contributed by atoms with van der Waals surface area (Å²) in [6.07, 6.45) is 3.86. The number of hydrogen-bond acceptors (Lipinski definition) is 5. The van der Waals surface area contributed by atoms with Gasteiger partial charge in [-0.15, -0.1) is 11.3 Å². The number of nitrogens with one attached hydrogen (secondary N) is 2. The first-order valence-electron chi connectivity index (χ1n) is 6.80. The first kappa shape index (κ1) is 14.5. The molecule has 0 saturated heterocycles. The Labute approximate surface area is 128 Å². The van der Waals surface area contributed by atoms with Crippen LogP contribution in [-0.2, 0) is 16.6 Å². The second-order valence-electron chi connectivity index (χ2n) is 5.16. The Kier molecular flexibility index (Phi) is 3.97. The van der Waals surface area contributed by atoms with Crippen LogP contribution in [0.15, 0.2) is 34.7 Å². The van der Waals surface area contributed by atoms with Crippen LogP contribution in [0, 0.1) is 6.92 Å². The molecule has 7 heteroatoms. The zero-order valence-corrected chi connectivity index (χ0v) is 13.3. The van der Waals surface area contributed by atoms with E-state index in [-0.39, 0.29) is 4.21 Å². The van der Waals surface area contributed by atoms with Gasteiger partial charge < -0.3 is 5.32 Å². The normalized spacial score (nSPS) is 15.1. The molecule has 1 aliphatic rings. The van der Waals surface area contributed by atoms with Crippen LogP contribution in [0.5, 0.6) is 0 Å². The minimum atomic E-state index is -3.54. The van der Waals surface area contributed by atoms with Crippen molar-refractivity contribution in [1.82, 2.24) is 10.3 Å². The van der Waals surface area contributed by atoms with Gasteiger partial charge in [0.05, 0.1) is 11.2 Å². The van der Waals surface area contributed by atoms with Crippen molar-refractivity contribution in [2.75, 3.05) is 4.72 Å². The molecule has 0 bridgehead atoms. The summed E-state index contributed by atoms with van der Waals surface area (Å²) in [5, 5.41) is 4.15. The van der Waals surface area contributed by atoms with Gasteiger partial charge in [-0.1, -0.05) is 12.1 Å². The Bertz CT molecular complexity index is 736. The zero-order chi connectivity index (χ0) is 14.9. The number of benzene rings is 1. The third kappa shape index (κ3) is 3.81. The van der Waals surface area contributed by atoms with E-state index in [4.69, 9.17) is 0 Å². The molecule has 1 aliphatic carbocycles. The highest BCUT2D eigenvalue weighted by molar-refractivity contribution is 7.94. The second-order valence-corrected chi connectivity index (χ2v) is 8.30. The smallest absolute Gasteiger partial charge is 0.273 e. The summed E-state index contributed by atoms with van der Waals surface area (Å²) in [4.78, 5) is 3.99. The molecule has 1 fully saturated rings. The highest BCUT2D eigenvalue weighted by atomic mass is 32.2. The highest BCUT2D eigenvalue weighted by Gasteiger charge is 2.20. The quantitative estimate of drug-likeness (QED) is 0.857. The fourth-order valence-corrected chi connectivity index (χ4v) is 4.12. The molecule has 21 heavy (non-hydrogen) atoms.